The lowest BCUT2D eigenvalue weighted by Crippen LogP contribution is -2.53. The van der Waals surface area contributed by atoms with Crippen molar-refractivity contribution in [1.82, 2.24) is 35.0 Å². The summed E-state index contributed by atoms with van der Waals surface area (Å²) in [6, 6.07) is 7.73. The minimum absolute atomic E-state index is 0.0119. The van der Waals surface area contributed by atoms with Crippen LogP contribution in [0.15, 0.2) is 36.4 Å². The number of rotatable bonds is 17. The molecule has 0 saturated carbocycles. The third kappa shape index (κ3) is 8.99. The number of amides is 3. The van der Waals surface area contributed by atoms with Crippen molar-refractivity contribution in [2.75, 3.05) is 20.1 Å². The number of halogens is 2. The SMILES string of the molecule is CCCC(CC(=O)C(C)NC)C(=O)N1CCCC1Cc1c(-c2nc3cc(F)ccc3n2CC2CCCN2C(=O)C(NC(=O)C(C)CC)C(C)C)[nH]c2cc(F)ccc12. The van der Waals surface area contributed by atoms with E-state index in [0.29, 0.717) is 67.0 Å². The Balaban J connectivity index is 1.38. The van der Waals surface area contributed by atoms with Gasteiger partial charge < -0.3 is 30.0 Å². The van der Waals surface area contributed by atoms with Gasteiger partial charge in [0.2, 0.25) is 17.7 Å². The van der Waals surface area contributed by atoms with Gasteiger partial charge in [0.15, 0.2) is 5.82 Å². The van der Waals surface area contributed by atoms with Gasteiger partial charge in [0.05, 0.1) is 22.8 Å². The van der Waals surface area contributed by atoms with E-state index in [4.69, 9.17) is 4.98 Å². The largest absolute Gasteiger partial charge is 0.352 e. The summed E-state index contributed by atoms with van der Waals surface area (Å²) in [7, 11) is 1.74. The van der Waals surface area contributed by atoms with Crippen molar-refractivity contribution in [3.05, 3.63) is 53.6 Å². The van der Waals surface area contributed by atoms with Crippen LogP contribution >= 0.6 is 0 Å². The molecule has 11 nitrogen and oxygen atoms in total. The Hall–Kier alpha value is -4.65. The Morgan fingerprint density at radius 2 is 1.59 bits per heavy atom. The van der Waals surface area contributed by atoms with Crippen LogP contribution in [0.1, 0.15) is 98.5 Å². The highest BCUT2D eigenvalue weighted by atomic mass is 19.1. The van der Waals surface area contributed by atoms with Crippen LogP contribution in [0.3, 0.4) is 0 Å². The number of aromatic amines is 1. The Labute approximate surface area is 340 Å². The highest BCUT2D eigenvalue weighted by Gasteiger charge is 2.38. The number of hydrogen-bond acceptors (Lipinski definition) is 6. The maximum atomic E-state index is 14.8. The zero-order valence-electron chi connectivity index (χ0n) is 35.2. The third-order valence-corrected chi connectivity index (χ3v) is 12.6. The molecule has 2 saturated heterocycles. The van der Waals surface area contributed by atoms with Gasteiger partial charge in [-0.05, 0) is 101 Å². The normalized spacial score (nSPS) is 19.3. The number of Topliss-reactive ketones (excluding diaryl/α,β-unsaturated/α-hetero) is 1. The minimum Gasteiger partial charge on any atom is -0.352 e. The molecule has 2 fully saturated rings. The number of nitrogens with one attached hydrogen (secondary N) is 3. The molecule has 0 bridgehead atoms. The van der Waals surface area contributed by atoms with Crippen LogP contribution in [-0.2, 0) is 32.1 Å². The van der Waals surface area contributed by atoms with Gasteiger partial charge in [-0.3, -0.25) is 19.2 Å². The van der Waals surface area contributed by atoms with E-state index in [1.807, 2.05) is 55.9 Å². The van der Waals surface area contributed by atoms with Gasteiger partial charge in [0.25, 0.3) is 0 Å². The number of nitrogens with zero attached hydrogens (tertiary/aromatic N) is 4. The number of likely N-dealkylation sites (N-methyl/N-ethyl adjacent to an activating group) is 1. The number of imidazole rings is 1. The second-order valence-corrected chi connectivity index (χ2v) is 16.9. The number of ketones is 1. The fraction of sp³-hybridized carbons (Fsp3) is 0.578. The number of carbonyl (C=O) groups excluding carboxylic acids is 4. The van der Waals surface area contributed by atoms with Crippen LogP contribution in [0.5, 0.6) is 0 Å². The molecule has 0 radical (unpaired) electrons. The second kappa shape index (κ2) is 18.5. The number of fused-ring (bicyclic) bond motifs is 2. The lowest BCUT2D eigenvalue weighted by atomic mass is 9.92. The maximum absolute atomic E-state index is 14.8. The molecular formula is C45H61F2N7O4. The molecule has 6 rings (SSSR count). The zero-order chi connectivity index (χ0) is 41.8. The van der Waals surface area contributed by atoms with E-state index in [0.717, 1.165) is 43.1 Å². The molecule has 2 aliphatic rings. The summed E-state index contributed by atoms with van der Waals surface area (Å²) < 4.78 is 31.6. The van der Waals surface area contributed by atoms with Crippen LogP contribution in [0.25, 0.3) is 33.5 Å². The van der Waals surface area contributed by atoms with Crippen molar-refractivity contribution >= 4 is 45.4 Å². The first-order valence-corrected chi connectivity index (χ1v) is 21.3. The number of aromatic nitrogens is 3. The van der Waals surface area contributed by atoms with Crippen molar-refractivity contribution in [2.45, 2.75) is 130 Å². The molecule has 4 aromatic rings. The van der Waals surface area contributed by atoms with E-state index in [2.05, 4.69) is 15.6 Å². The van der Waals surface area contributed by atoms with Gasteiger partial charge in [-0.1, -0.05) is 41.0 Å². The Bertz CT molecular complexity index is 2130. The fourth-order valence-electron chi connectivity index (χ4n) is 8.86. The van der Waals surface area contributed by atoms with Crippen molar-refractivity contribution in [1.29, 1.82) is 0 Å². The lowest BCUT2D eigenvalue weighted by Gasteiger charge is -2.32. The molecule has 6 unspecified atom stereocenters. The molecule has 3 N–H and O–H groups in total. The molecule has 0 aliphatic carbocycles. The monoisotopic (exact) mass is 801 g/mol. The molecule has 2 aromatic heterocycles. The predicted molar refractivity (Wildman–Crippen MR) is 223 cm³/mol. The number of hydrogen-bond donors (Lipinski definition) is 3. The smallest absolute Gasteiger partial charge is 0.245 e. The van der Waals surface area contributed by atoms with Crippen molar-refractivity contribution in [2.24, 2.45) is 17.8 Å². The number of H-pyrrole nitrogens is 1. The van der Waals surface area contributed by atoms with Gasteiger partial charge in [0, 0.05) is 66.9 Å². The quantitative estimate of drug-likeness (QED) is 0.104. The van der Waals surface area contributed by atoms with Gasteiger partial charge in [-0.2, -0.15) is 0 Å². The molecule has 6 atom stereocenters. The summed E-state index contributed by atoms with van der Waals surface area (Å²) in [6.07, 6.45) is 5.81. The standard InChI is InChI=1S/C45H61F2N7O4/c1-8-12-29(21-39(55)28(6)48-7)44(57)52-19-10-13-32(52)24-35-34-17-15-30(46)22-36(34)49-41(35)42-50-37-23-31(47)16-18-38(37)54(42)25-33-14-11-20-53(33)45(58)40(26(3)4)51-43(56)27(5)9-2/h15-18,22-23,26-29,32-33,40,48-49H,8-14,19-21,24-25H2,1-7H3,(H,51,56). The molecular weight excluding hydrogens is 741 g/mol. The van der Waals surface area contributed by atoms with Gasteiger partial charge >= 0.3 is 0 Å². The number of likely N-dealkylation sites (tertiary alicyclic amines) is 2. The van der Waals surface area contributed by atoms with Crippen LogP contribution in [-0.4, -0.2) is 92.1 Å². The third-order valence-electron chi connectivity index (χ3n) is 12.6. The van der Waals surface area contributed by atoms with E-state index in [9.17, 15) is 28.0 Å². The molecule has 58 heavy (non-hydrogen) atoms. The summed E-state index contributed by atoms with van der Waals surface area (Å²) in [5.41, 5.74) is 3.24. The minimum atomic E-state index is -0.677. The average molecular weight is 802 g/mol. The van der Waals surface area contributed by atoms with Gasteiger partial charge in [0.1, 0.15) is 23.5 Å². The van der Waals surface area contributed by atoms with E-state index in [-0.39, 0.29) is 59.9 Å². The number of carbonyl (C=O) groups is 4. The van der Waals surface area contributed by atoms with Crippen LogP contribution in [0, 0.1) is 29.4 Å². The Morgan fingerprint density at radius 1 is 0.914 bits per heavy atom. The molecule has 2 aromatic carbocycles. The second-order valence-electron chi connectivity index (χ2n) is 16.9. The van der Waals surface area contributed by atoms with E-state index in [1.165, 1.54) is 24.3 Å². The predicted octanol–water partition coefficient (Wildman–Crippen LogP) is 7.16. The molecule has 4 heterocycles. The first-order valence-electron chi connectivity index (χ1n) is 21.3. The first kappa shape index (κ1) is 42.9. The van der Waals surface area contributed by atoms with E-state index < -0.39 is 23.6 Å². The van der Waals surface area contributed by atoms with Crippen molar-refractivity contribution in [3.63, 3.8) is 0 Å². The molecule has 314 valence electrons. The molecule has 3 amide bonds. The van der Waals surface area contributed by atoms with E-state index in [1.54, 1.807) is 19.2 Å². The highest BCUT2D eigenvalue weighted by molar-refractivity contribution is 5.93. The van der Waals surface area contributed by atoms with Crippen LogP contribution in [0.2, 0.25) is 0 Å². The summed E-state index contributed by atoms with van der Waals surface area (Å²) in [5.74, 6) is -1.32. The summed E-state index contributed by atoms with van der Waals surface area (Å²) >= 11 is 0. The van der Waals surface area contributed by atoms with Crippen molar-refractivity contribution in [3.8, 4) is 11.5 Å². The average Bonchev–Trinajstić information content (AvgIpc) is 4.01. The maximum Gasteiger partial charge on any atom is 0.245 e. The Morgan fingerprint density at radius 3 is 2.26 bits per heavy atom. The van der Waals surface area contributed by atoms with Crippen LogP contribution in [0.4, 0.5) is 8.78 Å². The summed E-state index contributed by atoms with van der Waals surface area (Å²) in [4.78, 5) is 66.8. The topological polar surface area (TPSA) is 132 Å². The van der Waals surface area contributed by atoms with Gasteiger partial charge in [-0.15, -0.1) is 0 Å². The zero-order valence-corrected chi connectivity index (χ0v) is 35.2. The highest BCUT2D eigenvalue weighted by Crippen LogP contribution is 2.37. The summed E-state index contributed by atoms with van der Waals surface area (Å²) in [6.45, 7) is 13.0. The van der Waals surface area contributed by atoms with Crippen molar-refractivity contribution < 1.29 is 28.0 Å². The fourth-order valence-corrected chi connectivity index (χ4v) is 8.86. The molecule has 0 spiro atoms. The molecule has 13 heteroatoms. The molecule has 2 aliphatic heterocycles. The summed E-state index contributed by atoms with van der Waals surface area (Å²) in [5, 5.41) is 6.83. The first-order chi connectivity index (χ1) is 27.8. The Kier molecular flexibility index (Phi) is 13.7. The lowest BCUT2D eigenvalue weighted by molar-refractivity contribution is -0.139. The van der Waals surface area contributed by atoms with Gasteiger partial charge in [-0.25, -0.2) is 13.8 Å². The van der Waals surface area contributed by atoms with Crippen LogP contribution < -0.4 is 10.6 Å². The number of benzene rings is 2. The van der Waals surface area contributed by atoms with E-state index >= 15 is 0 Å².